The van der Waals surface area contributed by atoms with Gasteiger partial charge < -0.3 is 40.3 Å². The molecule has 1 aromatic rings. The summed E-state index contributed by atoms with van der Waals surface area (Å²) >= 11 is 0. The summed E-state index contributed by atoms with van der Waals surface area (Å²) in [6.07, 6.45) is 0.234. The SMILES string of the molecule is CC(C)C[C@@H](C=O)N(C)C(=O)C[C@@H](C(=O)N(C)C)N(C)C(=O)C(C1CCCC1)N(C)C(=O)C1(NC(=O)[C@@H]2CCCN2C(=O)[C@@H](N)CCc2cc(F)c(C(F)(F)F)c(F)c2)CCCC1. The summed E-state index contributed by atoms with van der Waals surface area (Å²) in [7, 11) is 7.43. The van der Waals surface area contributed by atoms with Crippen LogP contribution < -0.4 is 11.1 Å². The van der Waals surface area contributed by atoms with Crippen LogP contribution in [0.15, 0.2) is 12.1 Å². The highest BCUT2D eigenvalue weighted by molar-refractivity contribution is 5.99. The molecule has 19 heteroatoms. The number of hydrogen-bond donors (Lipinski definition) is 2. The van der Waals surface area contributed by atoms with Crippen molar-refractivity contribution in [2.75, 3.05) is 41.8 Å². The Kier molecular flexibility index (Phi) is 17.3. The molecule has 1 saturated heterocycles. The number of nitrogens with one attached hydrogen (secondary N) is 1. The Hall–Kier alpha value is -4.68. The van der Waals surface area contributed by atoms with Gasteiger partial charge in [-0.05, 0) is 87.3 Å². The molecule has 3 N–H and O–H groups in total. The highest BCUT2D eigenvalue weighted by atomic mass is 19.4. The van der Waals surface area contributed by atoms with Gasteiger partial charge >= 0.3 is 6.18 Å². The number of aryl methyl sites for hydroxylation is 1. The number of rotatable bonds is 18. The van der Waals surface area contributed by atoms with Crippen molar-refractivity contribution in [3.8, 4) is 0 Å². The summed E-state index contributed by atoms with van der Waals surface area (Å²) in [5.74, 6) is -7.09. The van der Waals surface area contributed by atoms with E-state index >= 15 is 0 Å². The van der Waals surface area contributed by atoms with Gasteiger partial charge in [-0.15, -0.1) is 0 Å². The predicted octanol–water partition coefficient (Wildman–Crippen LogP) is 4.06. The van der Waals surface area contributed by atoms with E-state index in [4.69, 9.17) is 5.73 Å². The van der Waals surface area contributed by atoms with E-state index in [1.165, 1.54) is 59.7 Å². The number of halogens is 5. The maximum absolute atomic E-state index is 14.8. The highest BCUT2D eigenvalue weighted by Crippen LogP contribution is 2.37. The van der Waals surface area contributed by atoms with Crippen molar-refractivity contribution < 1.29 is 55.5 Å². The lowest BCUT2D eigenvalue weighted by Crippen LogP contribution is -2.65. The molecule has 63 heavy (non-hydrogen) atoms. The lowest BCUT2D eigenvalue weighted by Gasteiger charge is -2.41. The third-order valence-electron chi connectivity index (χ3n) is 13.0. The first kappa shape index (κ1) is 51.0. The number of benzene rings is 1. The second-order valence-corrected chi connectivity index (χ2v) is 18.2. The molecule has 0 spiro atoms. The third-order valence-corrected chi connectivity index (χ3v) is 13.0. The molecule has 4 rings (SSSR count). The van der Waals surface area contributed by atoms with E-state index < -0.39 is 101 Å². The number of aldehydes is 1. The van der Waals surface area contributed by atoms with Crippen LogP contribution in [0.5, 0.6) is 0 Å². The van der Waals surface area contributed by atoms with Crippen molar-refractivity contribution >= 4 is 41.7 Å². The first-order valence-electron chi connectivity index (χ1n) is 21.8. The van der Waals surface area contributed by atoms with Crippen LogP contribution in [0, 0.1) is 23.5 Å². The molecule has 5 atom stereocenters. The van der Waals surface area contributed by atoms with Gasteiger partial charge in [0.2, 0.25) is 35.4 Å². The smallest absolute Gasteiger partial charge is 0.347 e. The largest absolute Gasteiger partial charge is 0.422 e. The molecule has 3 fully saturated rings. The summed E-state index contributed by atoms with van der Waals surface area (Å²) < 4.78 is 67.6. The van der Waals surface area contributed by atoms with Gasteiger partial charge in [0.05, 0.1) is 18.5 Å². The van der Waals surface area contributed by atoms with Crippen LogP contribution in [0.4, 0.5) is 22.0 Å². The van der Waals surface area contributed by atoms with E-state index in [1.807, 2.05) is 13.8 Å². The average Bonchev–Trinajstić information content (AvgIpc) is 4.02. The first-order valence-corrected chi connectivity index (χ1v) is 21.8. The maximum atomic E-state index is 14.8. The Morgan fingerprint density at radius 2 is 1.46 bits per heavy atom. The minimum atomic E-state index is -5.23. The van der Waals surface area contributed by atoms with Crippen LogP contribution in [0.2, 0.25) is 0 Å². The maximum Gasteiger partial charge on any atom is 0.422 e. The number of hydrogen-bond acceptors (Lipinski definition) is 8. The van der Waals surface area contributed by atoms with E-state index in [2.05, 4.69) is 5.32 Å². The normalized spacial score (nSPS) is 19.6. The number of nitrogens with two attached hydrogens (primary N) is 1. The highest BCUT2D eigenvalue weighted by Gasteiger charge is 2.51. The van der Waals surface area contributed by atoms with E-state index in [1.54, 1.807) is 0 Å². The van der Waals surface area contributed by atoms with Crippen LogP contribution in [0.1, 0.15) is 108 Å². The van der Waals surface area contributed by atoms with Crippen LogP contribution in [-0.2, 0) is 46.2 Å². The van der Waals surface area contributed by atoms with Gasteiger partial charge in [-0.25, -0.2) is 8.78 Å². The molecule has 1 aromatic carbocycles. The molecule has 0 radical (unpaired) electrons. The summed E-state index contributed by atoms with van der Waals surface area (Å²) in [6.45, 7) is 3.99. The van der Waals surface area contributed by atoms with Gasteiger partial charge in [0.15, 0.2) is 0 Å². The van der Waals surface area contributed by atoms with Crippen LogP contribution >= 0.6 is 0 Å². The van der Waals surface area contributed by atoms with Crippen molar-refractivity contribution in [1.29, 1.82) is 0 Å². The fourth-order valence-corrected chi connectivity index (χ4v) is 9.45. The second-order valence-electron chi connectivity index (χ2n) is 18.2. The van der Waals surface area contributed by atoms with Crippen molar-refractivity contribution in [1.82, 2.24) is 29.8 Å². The molecule has 2 aliphatic carbocycles. The summed E-state index contributed by atoms with van der Waals surface area (Å²) in [4.78, 5) is 103. The molecule has 6 amide bonds. The van der Waals surface area contributed by atoms with Crippen molar-refractivity contribution in [3.63, 3.8) is 0 Å². The average molecular weight is 898 g/mol. The van der Waals surface area contributed by atoms with Gasteiger partial charge in [0, 0.05) is 41.8 Å². The summed E-state index contributed by atoms with van der Waals surface area (Å²) in [5, 5.41) is 2.96. The number of amides is 6. The van der Waals surface area contributed by atoms with Gasteiger partial charge in [-0.1, -0.05) is 39.5 Å². The zero-order valence-corrected chi connectivity index (χ0v) is 37.4. The Balaban J connectivity index is 1.53. The lowest BCUT2D eigenvalue weighted by molar-refractivity contribution is -0.155. The zero-order valence-electron chi connectivity index (χ0n) is 37.4. The Labute approximate surface area is 366 Å². The molecule has 2 saturated carbocycles. The van der Waals surface area contributed by atoms with Crippen LogP contribution in [-0.4, -0.2) is 144 Å². The molecule has 1 unspecified atom stereocenters. The summed E-state index contributed by atoms with van der Waals surface area (Å²) in [5.41, 5.74) is 2.61. The fraction of sp³-hybridized carbons (Fsp3) is 0.705. The van der Waals surface area contributed by atoms with E-state index in [9.17, 15) is 55.5 Å². The zero-order chi connectivity index (χ0) is 47.1. The molecule has 0 aromatic heterocycles. The molecule has 1 aliphatic heterocycles. The number of likely N-dealkylation sites (N-methyl/N-ethyl adjacent to an activating group) is 4. The van der Waals surface area contributed by atoms with E-state index in [0.717, 1.165) is 12.8 Å². The Bertz CT molecular complexity index is 1830. The molecule has 14 nitrogen and oxygen atoms in total. The number of likely N-dealkylation sites (tertiary alicyclic amines) is 1. The van der Waals surface area contributed by atoms with Gasteiger partial charge in [-0.2, -0.15) is 13.2 Å². The van der Waals surface area contributed by atoms with E-state index in [-0.39, 0.29) is 56.0 Å². The molecular formula is C44H64F5N7O7. The minimum Gasteiger partial charge on any atom is -0.347 e. The molecule has 1 heterocycles. The Morgan fingerprint density at radius 1 is 0.873 bits per heavy atom. The second kappa shape index (κ2) is 21.3. The van der Waals surface area contributed by atoms with Crippen LogP contribution in [0.3, 0.4) is 0 Å². The van der Waals surface area contributed by atoms with Crippen molar-refractivity contribution in [3.05, 3.63) is 34.9 Å². The molecule has 352 valence electrons. The van der Waals surface area contributed by atoms with Gasteiger partial charge in [0.25, 0.3) is 0 Å². The topological polar surface area (TPSA) is 174 Å². The number of nitrogens with zero attached hydrogens (tertiary/aromatic N) is 5. The van der Waals surface area contributed by atoms with Crippen molar-refractivity contribution in [2.45, 2.75) is 146 Å². The lowest BCUT2D eigenvalue weighted by atomic mass is 9.90. The first-order chi connectivity index (χ1) is 29.4. The molecular weight excluding hydrogens is 834 g/mol. The predicted molar refractivity (Wildman–Crippen MR) is 222 cm³/mol. The fourth-order valence-electron chi connectivity index (χ4n) is 9.45. The van der Waals surface area contributed by atoms with Gasteiger partial charge in [0.1, 0.15) is 47.1 Å². The third kappa shape index (κ3) is 11.9. The standard InChI is InChI=1S/C44H64F5N7O7/c1-26(2)21-29(25-57)53(5)35(58)24-34(40(61)52(3)4)54(6)41(62)37(28-13-8-9-14-28)55(7)42(63)43(18-10-11-19-43)51-38(59)33-15-12-20-56(33)39(60)32(50)17-16-27-22-30(45)36(31(46)23-27)44(47,48)49/h22-23,25-26,28-29,32-34,37H,8-21,24,50H2,1-7H3,(H,51,59)/t29-,32-,33-,34-,37?/m0/s1. The Morgan fingerprint density at radius 3 is 1.98 bits per heavy atom. The number of carbonyl (C=O) groups is 7. The molecule has 0 bridgehead atoms. The van der Waals surface area contributed by atoms with Gasteiger partial charge in [-0.3, -0.25) is 28.8 Å². The number of carbonyl (C=O) groups excluding carboxylic acids is 7. The van der Waals surface area contributed by atoms with Crippen LogP contribution in [0.25, 0.3) is 0 Å². The molecule has 3 aliphatic rings. The quantitative estimate of drug-likeness (QED) is 0.164. The summed E-state index contributed by atoms with van der Waals surface area (Å²) in [6, 6.07) is -4.22. The minimum absolute atomic E-state index is 0.106. The van der Waals surface area contributed by atoms with E-state index in [0.29, 0.717) is 56.9 Å². The monoisotopic (exact) mass is 897 g/mol. The van der Waals surface area contributed by atoms with Crippen molar-refractivity contribution in [2.24, 2.45) is 17.6 Å². The number of alkyl halides is 3.